The van der Waals surface area contributed by atoms with Gasteiger partial charge in [0.15, 0.2) is 0 Å². The van der Waals surface area contributed by atoms with Crippen molar-refractivity contribution in [1.82, 2.24) is 10.2 Å². The molecule has 0 radical (unpaired) electrons. The average Bonchev–Trinajstić information content (AvgIpc) is 2.68. The van der Waals surface area contributed by atoms with E-state index < -0.39 is 30.3 Å². The Morgan fingerprint density at radius 1 is 1.42 bits per heavy atom. The van der Waals surface area contributed by atoms with Crippen LogP contribution < -0.4 is 11.1 Å². The fraction of sp³-hybridized carbons (Fsp3) is 0.308. The lowest BCUT2D eigenvalue weighted by Gasteiger charge is -2.29. The molecule has 2 aliphatic heterocycles. The first-order chi connectivity index (χ1) is 9.86. The van der Waals surface area contributed by atoms with Crippen LogP contribution in [0.25, 0.3) is 0 Å². The minimum Gasteiger partial charge on any atom is -0.398 e. The van der Waals surface area contributed by atoms with Gasteiger partial charge in [0.25, 0.3) is 5.91 Å². The maximum Gasteiger partial charge on any atom is 0.255 e. The predicted octanol–water partition coefficient (Wildman–Crippen LogP) is 0.0298. The highest BCUT2D eigenvalue weighted by Gasteiger charge is 2.39. The van der Waals surface area contributed by atoms with Crippen molar-refractivity contribution in [3.05, 3.63) is 29.3 Å². The third-order valence-electron chi connectivity index (χ3n) is 3.24. The third kappa shape index (κ3) is 1.76. The van der Waals surface area contributed by atoms with Crippen molar-refractivity contribution in [3.63, 3.8) is 0 Å². The molecule has 0 aliphatic carbocycles. The maximum absolute atomic E-state index is 12.5. The molecule has 1 saturated heterocycles. The van der Waals surface area contributed by atoms with Crippen LogP contribution in [0, 0.1) is 0 Å². The van der Waals surface area contributed by atoms with Crippen molar-refractivity contribution in [3.8, 4) is 0 Å². The summed E-state index contributed by atoms with van der Waals surface area (Å²) in [6.45, 7) is -1.23. The Hall–Kier alpha value is -2.37. The molecule has 6 nitrogen and oxygen atoms in total. The van der Waals surface area contributed by atoms with Crippen LogP contribution in [0.1, 0.15) is 31.5 Å². The number of hydrogen-bond acceptors (Lipinski definition) is 4. The number of anilines is 1. The number of nitrogens with zero attached hydrogens (tertiary/aromatic N) is 1. The van der Waals surface area contributed by atoms with E-state index in [0.717, 1.165) is 4.90 Å². The Labute approximate surface area is 112 Å². The lowest BCUT2D eigenvalue weighted by Crippen LogP contribution is -2.52. The Morgan fingerprint density at radius 3 is 2.89 bits per heavy atom. The Bertz CT molecular complexity index is 679. The summed E-state index contributed by atoms with van der Waals surface area (Å²) in [6.07, 6.45) is -0.176. The van der Waals surface area contributed by atoms with Crippen molar-refractivity contribution in [2.75, 3.05) is 5.73 Å². The standard InChI is InChI=1S/C13H13N3O3/c14-9-3-1-2-7-8(9)6-16(13(7)19)10-4-5-11(17)15-12(10)18/h1-3,10H,4-6,14H2,(H,15,17,18)/i6D,10D. The number of fused-ring (bicyclic) bond motifs is 1. The fourth-order valence-electron chi connectivity index (χ4n) is 2.27. The van der Waals surface area contributed by atoms with Gasteiger partial charge in [-0.1, -0.05) is 6.07 Å². The van der Waals surface area contributed by atoms with E-state index in [1.807, 2.05) is 0 Å². The van der Waals surface area contributed by atoms with Crippen molar-refractivity contribution in [1.29, 1.82) is 0 Å². The van der Waals surface area contributed by atoms with Crippen LogP contribution in [-0.4, -0.2) is 28.6 Å². The molecule has 3 rings (SSSR count). The average molecular weight is 261 g/mol. The summed E-state index contributed by atoms with van der Waals surface area (Å²) in [4.78, 5) is 36.6. The number of amides is 3. The number of hydrogen-bond donors (Lipinski definition) is 2. The molecule has 6 heteroatoms. The molecule has 1 fully saturated rings. The normalized spacial score (nSPS) is 31.7. The predicted molar refractivity (Wildman–Crippen MR) is 66.9 cm³/mol. The smallest absolute Gasteiger partial charge is 0.255 e. The molecule has 98 valence electrons. The van der Waals surface area contributed by atoms with Crippen LogP contribution in [0.15, 0.2) is 18.2 Å². The number of nitrogens with one attached hydrogen (secondary N) is 1. The van der Waals surface area contributed by atoms with Crippen LogP contribution >= 0.6 is 0 Å². The molecule has 1 aromatic carbocycles. The van der Waals surface area contributed by atoms with E-state index >= 15 is 0 Å². The number of nitrogens with two attached hydrogens (primary N) is 1. The first-order valence-electron chi connectivity index (χ1n) is 6.92. The lowest BCUT2D eigenvalue weighted by molar-refractivity contribution is -0.136. The van der Waals surface area contributed by atoms with Gasteiger partial charge in [-0.25, -0.2) is 0 Å². The van der Waals surface area contributed by atoms with Crippen molar-refractivity contribution in [2.45, 2.75) is 25.4 Å². The number of nitrogen functional groups attached to an aromatic ring is 1. The van der Waals surface area contributed by atoms with Gasteiger partial charge in [0.1, 0.15) is 6.02 Å². The molecule has 0 bridgehead atoms. The van der Waals surface area contributed by atoms with Gasteiger partial charge < -0.3 is 10.6 Å². The largest absolute Gasteiger partial charge is 0.398 e. The maximum atomic E-state index is 12.5. The monoisotopic (exact) mass is 261 g/mol. The van der Waals surface area contributed by atoms with Gasteiger partial charge in [0.2, 0.25) is 11.8 Å². The number of piperidine rings is 1. The highest BCUT2D eigenvalue weighted by molar-refractivity contribution is 6.06. The van der Waals surface area contributed by atoms with Gasteiger partial charge in [0.05, 0.1) is 2.74 Å². The molecule has 2 heterocycles. The van der Waals surface area contributed by atoms with Crippen molar-refractivity contribution in [2.24, 2.45) is 0 Å². The van der Waals surface area contributed by atoms with Crippen LogP contribution in [-0.2, 0) is 16.1 Å². The van der Waals surface area contributed by atoms with Crippen LogP contribution in [0.2, 0.25) is 0 Å². The van der Waals surface area contributed by atoms with E-state index in [9.17, 15) is 14.4 Å². The van der Waals surface area contributed by atoms with E-state index in [4.69, 9.17) is 8.48 Å². The molecule has 0 spiro atoms. The first-order valence-corrected chi connectivity index (χ1v) is 5.85. The minimum atomic E-state index is -1.97. The zero-order valence-corrected chi connectivity index (χ0v) is 9.97. The molecule has 2 atom stereocenters. The highest BCUT2D eigenvalue weighted by atomic mass is 16.2. The summed E-state index contributed by atoms with van der Waals surface area (Å²) in [6, 6.07) is 2.70. The van der Waals surface area contributed by atoms with Crippen molar-refractivity contribution < 1.29 is 17.1 Å². The molecule has 1 aromatic rings. The summed E-state index contributed by atoms with van der Waals surface area (Å²) in [5.41, 5.74) is 6.61. The quantitative estimate of drug-likeness (QED) is 0.551. The molecule has 2 aliphatic rings. The molecule has 3 amide bonds. The third-order valence-corrected chi connectivity index (χ3v) is 3.24. The topological polar surface area (TPSA) is 92.5 Å². The molecule has 3 N–H and O–H groups in total. The van der Waals surface area contributed by atoms with Gasteiger partial charge in [0, 0.05) is 29.8 Å². The first kappa shape index (κ1) is 9.55. The number of rotatable bonds is 1. The number of imide groups is 1. The molecular weight excluding hydrogens is 246 g/mol. The van der Waals surface area contributed by atoms with E-state index in [1.54, 1.807) is 12.1 Å². The van der Waals surface area contributed by atoms with Gasteiger partial charge >= 0.3 is 0 Å². The second-order valence-electron chi connectivity index (χ2n) is 4.44. The van der Waals surface area contributed by atoms with E-state index in [1.165, 1.54) is 6.07 Å². The summed E-state index contributed by atoms with van der Waals surface area (Å²) in [7, 11) is 0. The van der Waals surface area contributed by atoms with Crippen LogP contribution in [0.4, 0.5) is 5.69 Å². The fourth-order valence-corrected chi connectivity index (χ4v) is 2.27. The summed E-state index contributed by atoms with van der Waals surface area (Å²) < 4.78 is 16.5. The molecule has 0 saturated carbocycles. The molecular formula is C13H13N3O3. The van der Waals surface area contributed by atoms with E-state index in [0.29, 0.717) is 5.56 Å². The molecule has 19 heavy (non-hydrogen) atoms. The number of carbonyl (C=O) groups excluding carboxylic acids is 3. The van der Waals surface area contributed by atoms with E-state index in [2.05, 4.69) is 5.32 Å². The van der Waals surface area contributed by atoms with Gasteiger partial charge in [-0.15, -0.1) is 0 Å². The summed E-state index contributed by atoms with van der Waals surface area (Å²) in [5, 5.41) is 2.06. The van der Waals surface area contributed by atoms with E-state index in [-0.39, 0.29) is 24.1 Å². The molecule has 2 unspecified atom stereocenters. The number of benzene rings is 1. The van der Waals surface area contributed by atoms with Gasteiger partial charge in [-0.2, -0.15) is 0 Å². The lowest BCUT2D eigenvalue weighted by atomic mass is 10.0. The summed E-state index contributed by atoms with van der Waals surface area (Å²) >= 11 is 0. The Balaban J connectivity index is 2.06. The van der Waals surface area contributed by atoms with Crippen LogP contribution in [0.5, 0.6) is 0 Å². The zero-order chi connectivity index (χ0) is 15.4. The van der Waals surface area contributed by atoms with Gasteiger partial charge in [-0.3, -0.25) is 19.7 Å². The second-order valence-corrected chi connectivity index (χ2v) is 4.44. The van der Waals surface area contributed by atoms with Crippen LogP contribution in [0.3, 0.4) is 0 Å². The number of carbonyl (C=O) groups is 3. The second kappa shape index (κ2) is 4.08. The zero-order valence-electron chi connectivity index (χ0n) is 12.0. The summed E-state index contributed by atoms with van der Waals surface area (Å²) in [5.74, 6) is -1.94. The Morgan fingerprint density at radius 2 is 2.21 bits per heavy atom. The minimum absolute atomic E-state index is 0.0441. The SMILES string of the molecule is [2H]C1c2c(N)cccc2C(=O)N1C1([2H])CCC(=O)NC1=O. The van der Waals surface area contributed by atoms with Crippen molar-refractivity contribution >= 4 is 23.4 Å². The van der Waals surface area contributed by atoms with Gasteiger partial charge in [-0.05, 0) is 18.6 Å². The Kier molecular flexibility index (Phi) is 2.05. The molecule has 0 aromatic heterocycles. The highest BCUT2D eigenvalue weighted by Crippen LogP contribution is 2.30.